The molecule has 0 aliphatic carbocycles. The Morgan fingerprint density at radius 2 is 1.81 bits per heavy atom. The second-order valence-electron chi connectivity index (χ2n) is 3.44. The SMILES string of the molecule is Fc1ccc(CC(Cl)c2ccc(Cl)s2)cc1. The molecule has 0 bridgehead atoms. The number of hydrogen-bond donors (Lipinski definition) is 0. The van der Waals surface area contributed by atoms with Crippen molar-refractivity contribution in [1.29, 1.82) is 0 Å². The summed E-state index contributed by atoms with van der Waals surface area (Å²) in [6, 6.07) is 10.1. The highest BCUT2D eigenvalue weighted by atomic mass is 35.5. The maximum absolute atomic E-state index is 12.7. The molecule has 2 rings (SSSR count). The Morgan fingerprint density at radius 3 is 2.38 bits per heavy atom. The number of benzene rings is 1. The van der Waals surface area contributed by atoms with Gasteiger partial charge >= 0.3 is 0 Å². The van der Waals surface area contributed by atoms with Crippen LogP contribution in [-0.4, -0.2) is 0 Å². The largest absolute Gasteiger partial charge is 0.207 e. The molecule has 0 amide bonds. The minimum absolute atomic E-state index is 0.108. The van der Waals surface area contributed by atoms with Crippen molar-refractivity contribution in [3.63, 3.8) is 0 Å². The zero-order chi connectivity index (χ0) is 11.5. The van der Waals surface area contributed by atoms with Crippen molar-refractivity contribution in [1.82, 2.24) is 0 Å². The molecular formula is C12H9Cl2FS. The predicted octanol–water partition coefficient (Wildman–Crippen LogP) is 5.06. The summed E-state index contributed by atoms with van der Waals surface area (Å²) in [6.45, 7) is 0. The molecule has 1 heterocycles. The number of rotatable bonds is 3. The third kappa shape index (κ3) is 2.97. The highest BCUT2D eigenvalue weighted by molar-refractivity contribution is 7.16. The fraction of sp³-hybridized carbons (Fsp3) is 0.167. The van der Waals surface area contributed by atoms with Gasteiger partial charge in [-0.2, -0.15) is 0 Å². The van der Waals surface area contributed by atoms with Crippen LogP contribution in [0.15, 0.2) is 36.4 Å². The average molecular weight is 275 g/mol. The van der Waals surface area contributed by atoms with Crippen LogP contribution in [0.3, 0.4) is 0 Å². The molecule has 0 saturated carbocycles. The first-order chi connectivity index (χ1) is 7.65. The van der Waals surface area contributed by atoms with Crippen LogP contribution in [0.2, 0.25) is 4.34 Å². The molecule has 0 aliphatic rings. The summed E-state index contributed by atoms with van der Waals surface area (Å²) in [5, 5.41) is -0.108. The molecule has 0 aliphatic heterocycles. The van der Waals surface area contributed by atoms with Crippen molar-refractivity contribution in [3.8, 4) is 0 Å². The third-order valence-electron chi connectivity index (χ3n) is 2.23. The van der Waals surface area contributed by atoms with E-state index in [0.717, 1.165) is 14.8 Å². The van der Waals surface area contributed by atoms with Gasteiger partial charge in [-0.25, -0.2) is 4.39 Å². The molecule has 0 saturated heterocycles. The minimum Gasteiger partial charge on any atom is -0.207 e. The Labute approximate surface area is 108 Å². The highest BCUT2D eigenvalue weighted by Crippen LogP contribution is 2.32. The Hall–Kier alpha value is -0.570. The van der Waals surface area contributed by atoms with E-state index in [-0.39, 0.29) is 11.2 Å². The Bertz CT molecular complexity index is 464. The van der Waals surface area contributed by atoms with E-state index < -0.39 is 0 Å². The van der Waals surface area contributed by atoms with Crippen LogP contribution in [0.4, 0.5) is 4.39 Å². The lowest BCUT2D eigenvalue weighted by Crippen LogP contribution is -1.93. The van der Waals surface area contributed by atoms with Gasteiger partial charge in [0.1, 0.15) is 5.82 Å². The Kier molecular flexibility index (Phi) is 3.85. The van der Waals surface area contributed by atoms with Crippen molar-refractivity contribution < 1.29 is 4.39 Å². The van der Waals surface area contributed by atoms with Crippen molar-refractivity contribution in [2.75, 3.05) is 0 Å². The van der Waals surface area contributed by atoms with Crippen molar-refractivity contribution in [2.45, 2.75) is 11.8 Å². The lowest BCUT2D eigenvalue weighted by atomic mass is 10.1. The van der Waals surface area contributed by atoms with E-state index in [0.29, 0.717) is 6.42 Å². The molecule has 1 atom stereocenters. The summed E-state index contributed by atoms with van der Waals surface area (Å²) in [5.74, 6) is -0.228. The smallest absolute Gasteiger partial charge is 0.123 e. The quantitative estimate of drug-likeness (QED) is 0.686. The number of thiophene rings is 1. The summed E-state index contributed by atoms with van der Waals surface area (Å²) in [7, 11) is 0. The third-order valence-corrected chi connectivity index (χ3v) is 4.09. The molecule has 84 valence electrons. The van der Waals surface area contributed by atoms with Gasteiger partial charge in [0, 0.05) is 4.88 Å². The van der Waals surface area contributed by atoms with Crippen molar-refractivity contribution >= 4 is 34.5 Å². The van der Waals surface area contributed by atoms with E-state index in [1.165, 1.54) is 23.5 Å². The maximum Gasteiger partial charge on any atom is 0.123 e. The Morgan fingerprint density at radius 1 is 1.12 bits per heavy atom. The lowest BCUT2D eigenvalue weighted by molar-refractivity contribution is 0.627. The molecule has 1 aromatic heterocycles. The van der Waals surface area contributed by atoms with Crippen LogP contribution in [0, 0.1) is 5.82 Å². The van der Waals surface area contributed by atoms with E-state index in [9.17, 15) is 4.39 Å². The molecule has 0 radical (unpaired) electrons. The standard InChI is InChI=1S/C12H9Cl2FS/c13-10(11-5-6-12(14)16-11)7-8-1-3-9(15)4-2-8/h1-6,10H,7H2. The van der Waals surface area contributed by atoms with E-state index in [1.807, 2.05) is 12.1 Å². The van der Waals surface area contributed by atoms with E-state index in [4.69, 9.17) is 23.2 Å². The monoisotopic (exact) mass is 274 g/mol. The molecule has 0 spiro atoms. The van der Waals surface area contributed by atoms with Crippen LogP contribution < -0.4 is 0 Å². The Balaban J connectivity index is 2.07. The van der Waals surface area contributed by atoms with E-state index >= 15 is 0 Å². The fourth-order valence-electron chi connectivity index (χ4n) is 1.42. The van der Waals surface area contributed by atoms with E-state index in [2.05, 4.69) is 0 Å². The molecule has 0 N–H and O–H groups in total. The molecule has 16 heavy (non-hydrogen) atoms. The highest BCUT2D eigenvalue weighted by Gasteiger charge is 2.11. The summed E-state index contributed by atoms with van der Waals surface area (Å²) >= 11 is 13.6. The van der Waals surface area contributed by atoms with Gasteiger partial charge in [-0.05, 0) is 36.2 Å². The van der Waals surface area contributed by atoms with Gasteiger partial charge in [0.15, 0.2) is 0 Å². The number of halogens is 3. The second-order valence-corrected chi connectivity index (χ2v) is 5.71. The molecule has 2 aromatic rings. The van der Waals surface area contributed by atoms with Gasteiger partial charge in [0.25, 0.3) is 0 Å². The number of hydrogen-bond acceptors (Lipinski definition) is 1. The molecule has 1 unspecified atom stereocenters. The van der Waals surface area contributed by atoms with Gasteiger partial charge in [-0.3, -0.25) is 0 Å². The van der Waals surface area contributed by atoms with Crippen molar-refractivity contribution in [3.05, 3.63) is 57.0 Å². The predicted molar refractivity (Wildman–Crippen MR) is 68.0 cm³/mol. The summed E-state index contributed by atoms with van der Waals surface area (Å²) < 4.78 is 13.4. The maximum atomic E-state index is 12.7. The van der Waals surface area contributed by atoms with Crippen LogP contribution in [0.5, 0.6) is 0 Å². The molecule has 0 nitrogen and oxygen atoms in total. The van der Waals surface area contributed by atoms with Gasteiger partial charge in [0.2, 0.25) is 0 Å². The van der Waals surface area contributed by atoms with Crippen LogP contribution in [-0.2, 0) is 6.42 Å². The lowest BCUT2D eigenvalue weighted by Gasteiger charge is -2.06. The average Bonchev–Trinajstić information content (AvgIpc) is 2.68. The van der Waals surface area contributed by atoms with Crippen LogP contribution >= 0.6 is 34.5 Å². The molecule has 4 heteroatoms. The van der Waals surface area contributed by atoms with Gasteiger partial charge in [0.05, 0.1) is 9.71 Å². The topological polar surface area (TPSA) is 0 Å². The first kappa shape index (κ1) is 11.9. The molecule has 1 aromatic carbocycles. The first-order valence-corrected chi connectivity index (χ1v) is 6.42. The zero-order valence-corrected chi connectivity index (χ0v) is 10.6. The summed E-state index contributed by atoms with van der Waals surface area (Å²) in [4.78, 5) is 1.04. The normalized spacial score (nSPS) is 12.7. The van der Waals surface area contributed by atoms with Gasteiger partial charge in [-0.1, -0.05) is 23.7 Å². The van der Waals surface area contributed by atoms with Crippen molar-refractivity contribution in [2.24, 2.45) is 0 Å². The second kappa shape index (κ2) is 5.17. The van der Waals surface area contributed by atoms with E-state index in [1.54, 1.807) is 12.1 Å². The van der Waals surface area contributed by atoms with Crippen LogP contribution in [0.25, 0.3) is 0 Å². The van der Waals surface area contributed by atoms with Gasteiger partial charge < -0.3 is 0 Å². The summed E-state index contributed by atoms with van der Waals surface area (Å²) in [5.41, 5.74) is 1.02. The first-order valence-electron chi connectivity index (χ1n) is 4.79. The fourth-order valence-corrected chi connectivity index (χ4v) is 2.85. The van der Waals surface area contributed by atoms with Gasteiger partial charge in [-0.15, -0.1) is 22.9 Å². The summed E-state index contributed by atoms with van der Waals surface area (Å²) in [6.07, 6.45) is 0.679. The zero-order valence-electron chi connectivity index (χ0n) is 8.29. The molecule has 0 fully saturated rings. The number of alkyl halides is 1. The van der Waals surface area contributed by atoms with Crippen LogP contribution in [0.1, 0.15) is 15.8 Å². The molecular weight excluding hydrogens is 266 g/mol. The minimum atomic E-state index is -0.228.